The number of unbranched alkanes of at least 4 members (excludes halogenated alkanes) is 14. The number of rotatable bonds is 18. The van der Waals surface area contributed by atoms with E-state index < -0.39 is 0 Å². The SMILES string of the molecule is CCCCCCCCCCCCCC[1P]CCCCCC. The zero-order valence-electron chi connectivity index (χ0n) is 15.2. The van der Waals surface area contributed by atoms with Gasteiger partial charge in [-0.2, -0.15) is 0 Å². The van der Waals surface area contributed by atoms with Crippen LogP contribution in [0.1, 0.15) is 117 Å². The fraction of sp³-hybridized carbons (Fsp3) is 1.00. The van der Waals surface area contributed by atoms with Gasteiger partial charge in [0.25, 0.3) is 0 Å². The van der Waals surface area contributed by atoms with Crippen molar-refractivity contribution in [2.75, 3.05) is 12.3 Å². The van der Waals surface area contributed by atoms with E-state index in [1.807, 2.05) is 0 Å². The predicted molar refractivity (Wildman–Crippen MR) is 102 cm³/mol. The van der Waals surface area contributed by atoms with Gasteiger partial charge in [0.05, 0.1) is 0 Å². The van der Waals surface area contributed by atoms with Crippen molar-refractivity contribution < 1.29 is 0 Å². The molecule has 0 unspecified atom stereocenters. The lowest BCUT2D eigenvalue weighted by atomic mass is 0.820. The molecule has 0 nitrogen and oxygen atoms in total. The van der Waals surface area contributed by atoms with Crippen LogP contribution in [0.4, 0.5) is 0 Å². The fourth-order valence-corrected chi connectivity index (χ4v) is 3.94. The van der Waals surface area contributed by atoms with Gasteiger partial charge in [-0.1, -0.05) is 112 Å². The summed E-state index contributed by atoms with van der Waals surface area (Å²) in [5.41, 5.74) is 0. The molecule has 1 radical (unpaired) electrons. The Morgan fingerprint density at radius 2 is 0.667 bits per heavy atom. The highest BCUT2D eigenvalue weighted by atomic mass is 14.0. The van der Waals surface area contributed by atoms with Crippen LogP contribution >= 0.6 is 8.58 Å². The van der Waals surface area contributed by atoms with Crippen molar-refractivity contribution in [1.29, 1.82) is 0 Å². The van der Waals surface area contributed by atoms with Crippen molar-refractivity contribution >= 4 is 8.58 Å². The first-order chi connectivity index (χ1) is 10.4. The summed E-state index contributed by atoms with van der Waals surface area (Å²) in [6, 6.07) is 0. The minimum Gasteiger partial charge on any atom is -0.0810 e. The first kappa shape index (κ1) is 21.4. The maximum absolute atomic E-state index is 2.30. The predicted octanol–water partition coefficient (Wildman–Crippen LogP) is 8.21. The van der Waals surface area contributed by atoms with E-state index in [-0.39, 0.29) is 0 Å². The van der Waals surface area contributed by atoms with Gasteiger partial charge < -0.3 is 0 Å². The number of hydrogen-bond acceptors (Lipinski definition) is 0. The van der Waals surface area contributed by atoms with Gasteiger partial charge in [0.1, 0.15) is 0 Å². The van der Waals surface area contributed by atoms with E-state index in [1.165, 1.54) is 115 Å². The molecule has 0 aliphatic rings. The molecule has 0 spiro atoms. The van der Waals surface area contributed by atoms with E-state index in [0.717, 1.165) is 0 Å². The molecule has 0 bridgehead atoms. The highest BCUT2D eigenvalue weighted by Crippen LogP contribution is 2.18. The zero-order chi connectivity index (χ0) is 15.4. The highest BCUT2D eigenvalue weighted by molar-refractivity contribution is 7.37. The van der Waals surface area contributed by atoms with Crippen LogP contribution in [0.25, 0.3) is 0 Å². The Hall–Kier alpha value is 0.430. The van der Waals surface area contributed by atoms with Crippen LogP contribution in [0.5, 0.6) is 0 Å². The smallest absolute Gasteiger partial charge is 0.0287 e. The van der Waals surface area contributed by atoms with Gasteiger partial charge in [0, 0.05) is 0 Å². The summed E-state index contributed by atoms with van der Waals surface area (Å²) in [7, 11) is 1.72. The van der Waals surface area contributed by atoms with E-state index in [9.17, 15) is 0 Å². The standard InChI is InChI=1S/C20H42P/c1-3-5-7-9-10-11-12-13-14-15-16-18-20-21-19-17-8-6-4-2/h3-20H2,1-2H3/i21-30. The monoisotopic (exact) mass is 283 g/mol. The Balaban J connectivity index is 2.90. The molecule has 0 saturated carbocycles. The number of hydrogen-bond donors (Lipinski definition) is 0. The first-order valence-electron chi connectivity index (χ1n) is 10.0. The molecule has 0 fully saturated rings. The van der Waals surface area contributed by atoms with Crippen molar-refractivity contribution in [3.05, 3.63) is 0 Å². The molecular weight excluding hydrogens is 241 g/mol. The zero-order valence-corrected chi connectivity index (χ0v) is 16.1. The Labute approximate surface area is 138 Å². The van der Waals surface area contributed by atoms with Gasteiger partial charge in [-0.05, 0) is 25.2 Å². The Kier molecular flexibility index (Phi) is 20.8. The van der Waals surface area contributed by atoms with Gasteiger partial charge in [-0.3, -0.25) is 0 Å². The van der Waals surface area contributed by atoms with Gasteiger partial charge in [-0.15, -0.1) is 0 Å². The molecule has 0 aliphatic heterocycles. The molecule has 0 amide bonds. The molecule has 127 valence electrons. The lowest BCUT2D eigenvalue weighted by Crippen LogP contribution is -1.85. The lowest BCUT2D eigenvalue weighted by Gasteiger charge is -2.03. The van der Waals surface area contributed by atoms with Crippen LogP contribution in [0.2, 0.25) is 0 Å². The molecule has 0 aromatic heterocycles. The third-order valence-electron chi connectivity index (χ3n) is 4.34. The van der Waals surface area contributed by atoms with E-state index in [4.69, 9.17) is 0 Å². The lowest BCUT2D eigenvalue weighted by molar-refractivity contribution is 0.548. The summed E-state index contributed by atoms with van der Waals surface area (Å²) in [5, 5.41) is 0. The van der Waals surface area contributed by atoms with Crippen LogP contribution in [0.3, 0.4) is 0 Å². The van der Waals surface area contributed by atoms with Gasteiger partial charge >= 0.3 is 0 Å². The summed E-state index contributed by atoms with van der Waals surface area (Å²) in [4.78, 5) is 0. The molecule has 0 rings (SSSR count). The van der Waals surface area contributed by atoms with E-state index in [1.54, 1.807) is 8.58 Å². The minimum absolute atomic E-state index is 1.37. The molecule has 21 heavy (non-hydrogen) atoms. The average molecular weight is 284 g/mol. The maximum Gasteiger partial charge on any atom is -0.0287 e. The highest BCUT2D eigenvalue weighted by Gasteiger charge is 1.94. The Morgan fingerprint density at radius 3 is 1.05 bits per heavy atom. The van der Waals surface area contributed by atoms with Crippen molar-refractivity contribution in [3.63, 3.8) is 0 Å². The Bertz CT molecular complexity index is 149. The second-order valence-corrected chi connectivity index (χ2v) is 7.96. The van der Waals surface area contributed by atoms with Crippen molar-refractivity contribution in [2.24, 2.45) is 0 Å². The Morgan fingerprint density at radius 1 is 0.381 bits per heavy atom. The van der Waals surface area contributed by atoms with Gasteiger partial charge in [0.2, 0.25) is 0 Å². The summed E-state index contributed by atoms with van der Waals surface area (Å²) >= 11 is 0. The van der Waals surface area contributed by atoms with E-state index in [0.29, 0.717) is 0 Å². The maximum atomic E-state index is 2.30. The van der Waals surface area contributed by atoms with Crippen LogP contribution in [-0.4, -0.2) is 12.3 Å². The quantitative estimate of drug-likeness (QED) is 0.175. The third kappa shape index (κ3) is 20.4. The van der Waals surface area contributed by atoms with Crippen LogP contribution < -0.4 is 0 Å². The topological polar surface area (TPSA) is 0 Å². The van der Waals surface area contributed by atoms with Gasteiger partial charge in [0.15, 0.2) is 0 Å². The molecule has 0 saturated heterocycles. The second kappa shape index (κ2) is 20.4. The molecule has 0 aromatic rings. The second-order valence-electron chi connectivity index (χ2n) is 6.62. The van der Waals surface area contributed by atoms with Crippen molar-refractivity contribution in [3.8, 4) is 0 Å². The molecule has 0 aliphatic carbocycles. The summed E-state index contributed by atoms with van der Waals surface area (Å²) in [6.45, 7) is 4.59. The molecule has 1 heteroatoms. The third-order valence-corrected chi connectivity index (χ3v) is 5.60. The van der Waals surface area contributed by atoms with Gasteiger partial charge in [-0.25, -0.2) is 0 Å². The molecule has 0 aromatic carbocycles. The van der Waals surface area contributed by atoms with Crippen LogP contribution in [0, 0.1) is 0 Å². The normalized spacial score (nSPS) is 11.7. The summed E-state index contributed by atoms with van der Waals surface area (Å²) in [5.74, 6) is 0. The summed E-state index contributed by atoms with van der Waals surface area (Å²) in [6.07, 6.45) is 26.3. The minimum atomic E-state index is 1.37. The fourth-order valence-electron chi connectivity index (χ4n) is 2.83. The average Bonchev–Trinajstić information content (AvgIpc) is 2.50. The van der Waals surface area contributed by atoms with E-state index in [2.05, 4.69) is 13.8 Å². The first-order valence-corrected chi connectivity index (χ1v) is 11.3. The van der Waals surface area contributed by atoms with E-state index >= 15 is 0 Å². The molecule has 0 atom stereocenters. The van der Waals surface area contributed by atoms with Crippen molar-refractivity contribution in [2.45, 2.75) is 117 Å². The molecule has 0 heterocycles. The summed E-state index contributed by atoms with van der Waals surface area (Å²) < 4.78 is 0. The van der Waals surface area contributed by atoms with Crippen LogP contribution in [-0.2, 0) is 0 Å². The van der Waals surface area contributed by atoms with Crippen LogP contribution in [0.15, 0.2) is 0 Å². The van der Waals surface area contributed by atoms with Crippen molar-refractivity contribution in [1.82, 2.24) is 0 Å². The molecular formula is C20H42P. The molecule has 0 N–H and O–H groups in total. The largest absolute Gasteiger partial charge is 0.0810 e.